The molecule has 2 aromatic carbocycles. The molecule has 0 atom stereocenters. The second kappa shape index (κ2) is 9.02. The summed E-state index contributed by atoms with van der Waals surface area (Å²) in [5, 5.41) is 6.30. The van der Waals surface area contributed by atoms with E-state index in [1.807, 2.05) is 53.7 Å². The first-order chi connectivity index (χ1) is 14.5. The Morgan fingerprint density at radius 1 is 0.806 bits per heavy atom. The van der Waals surface area contributed by atoms with Crippen LogP contribution in [0.2, 0.25) is 0 Å². The van der Waals surface area contributed by atoms with Gasteiger partial charge >= 0.3 is 0 Å². The van der Waals surface area contributed by atoms with Gasteiger partial charge in [0.1, 0.15) is 4.88 Å². The molecule has 6 heteroatoms. The number of amides is 2. The van der Waals surface area contributed by atoms with E-state index in [9.17, 15) is 9.59 Å². The zero-order chi connectivity index (χ0) is 22.9. The van der Waals surface area contributed by atoms with Gasteiger partial charge in [0, 0.05) is 5.69 Å². The normalized spacial score (nSPS) is 10.8. The SMILES string of the molecule is Cc1cc(C)c(CC(=O)Nc2nc(C)c(C(=O)Nc3c(C)cc(C)cc3C)s2)c(C)c1. The number of carbonyl (C=O) groups excluding carboxylic acids is 2. The van der Waals surface area contributed by atoms with Gasteiger partial charge in [0.25, 0.3) is 5.91 Å². The first-order valence-electron chi connectivity index (χ1n) is 10.3. The minimum Gasteiger partial charge on any atom is -0.321 e. The molecule has 0 unspecified atom stereocenters. The van der Waals surface area contributed by atoms with Crippen molar-refractivity contribution in [3.05, 3.63) is 73.8 Å². The summed E-state index contributed by atoms with van der Waals surface area (Å²) in [5.41, 5.74) is 9.03. The zero-order valence-corrected chi connectivity index (χ0v) is 20.0. The molecule has 31 heavy (non-hydrogen) atoms. The lowest BCUT2D eigenvalue weighted by Gasteiger charge is -2.12. The first-order valence-corrected chi connectivity index (χ1v) is 11.1. The van der Waals surface area contributed by atoms with Crippen LogP contribution in [0.25, 0.3) is 0 Å². The summed E-state index contributed by atoms with van der Waals surface area (Å²) < 4.78 is 0. The predicted octanol–water partition coefficient (Wildman–Crippen LogP) is 5.74. The van der Waals surface area contributed by atoms with Crippen LogP contribution in [0.3, 0.4) is 0 Å². The second-order valence-electron chi connectivity index (χ2n) is 8.26. The Labute approximate surface area is 187 Å². The van der Waals surface area contributed by atoms with Gasteiger partial charge in [-0.2, -0.15) is 0 Å². The molecule has 0 bridgehead atoms. The zero-order valence-electron chi connectivity index (χ0n) is 19.2. The van der Waals surface area contributed by atoms with Crippen molar-refractivity contribution in [3.8, 4) is 0 Å². The fourth-order valence-electron chi connectivity index (χ4n) is 4.02. The summed E-state index contributed by atoms with van der Waals surface area (Å²) in [6, 6.07) is 8.26. The monoisotopic (exact) mass is 435 g/mol. The van der Waals surface area contributed by atoms with Crippen LogP contribution < -0.4 is 10.6 Å². The molecule has 0 aliphatic carbocycles. The van der Waals surface area contributed by atoms with Crippen LogP contribution in [0.5, 0.6) is 0 Å². The van der Waals surface area contributed by atoms with Gasteiger partial charge in [-0.1, -0.05) is 46.7 Å². The van der Waals surface area contributed by atoms with Crippen LogP contribution in [0.4, 0.5) is 10.8 Å². The molecule has 3 aromatic rings. The molecule has 1 aromatic heterocycles. The van der Waals surface area contributed by atoms with Crippen molar-refractivity contribution in [3.63, 3.8) is 0 Å². The van der Waals surface area contributed by atoms with E-state index >= 15 is 0 Å². The van der Waals surface area contributed by atoms with Gasteiger partial charge in [0.05, 0.1) is 12.1 Å². The van der Waals surface area contributed by atoms with Gasteiger partial charge in [-0.15, -0.1) is 0 Å². The summed E-state index contributed by atoms with van der Waals surface area (Å²) >= 11 is 1.20. The molecular formula is C25H29N3O2S. The third kappa shape index (κ3) is 5.20. The quantitative estimate of drug-likeness (QED) is 0.537. The molecule has 0 aliphatic heterocycles. The third-order valence-corrected chi connectivity index (χ3v) is 6.41. The standard InChI is InChI=1S/C25H29N3O2S/c1-13-8-15(3)20(16(4)9-13)12-21(29)27-25-26-19(7)23(31-25)24(30)28-22-17(5)10-14(2)11-18(22)6/h8-11H,12H2,1-7H3,(H,28,30)(H,26,27,29). The second-order valence-corrected chi connectivity index (χ2v) is 9.26. The number of nitrogens with zero attached hydrogens (tertiary/aromatic N) is 1. The third-order valence-electron chi connectivity index (χ3n) is 5.34. The Balaban J connectivity index is 1.74. The maximum Gasteiger partial charge on any atom is 0.267 e. The molecule has 1 heterocycles. The van der Waals surface area contributed by atoms with Gasteiger partial charge in [-0.3, -0.25) is 9.59 Å². The lowest BCUT2D eigenvalue weighted by molar-refractivity contribution is -0.115. The lowest BCUT2D eigenvalue weighted by Crippen LogP contribution is -2.15. The van der Waals surface area contributed by atoms with Gasteiger partial charge in [-0.25, -0.2) is 4.98 Å². The molecular weight excluding hydrogens is 406 g/mol. The van der Waals surface area contributed by atoms with E-state index in [1.165, 1.54) is 16.9 Å². The maximum absolute atomic E-state index is 12.9. The molecule has 2 amide bonds. The fraction of sp³-hybridized carbons (Fsp3) is 0.320. The Morgan fingerprint density at radius 3 is 1.87 bits per heavy atom. The van der Waals surface area contributed by atoms with Crippen molar-refractivity contribution in [2.45, 2.75) is 54.9 Å². The average molecular weight is 436 g/mol. The lowest BCUT2D eigenvalue weighted by atomic mass is 9.97. The summed E-state index contributed by atoms with van der Waals surface area (Å²) in [6.07, 6.45) is 0.278. The van der Waals surface area contributed by atoms with Crippen LogP contribution in [0, 0.1) is 48.5 Å². The Bertz CT molecular complexity index is 1130. The number of hydrogen-bond acceptors (Lipinski definition) is 4. The predicted molar refractivity (Wildman–Crippen MR) is 128 cm³/mol. The number of thiazole rings is 1. The average Bonchev–Trinajstić information content (AvgIpc) is 3.01. The number of carbonyl (C=O) groups is 2. The number of benzene rings is 2. The van der Waals surface area contributed by atoms with Crippen molar-refractivity contribution in [2.24, 2.45) is 0 Å². The minimum atomic E-state index is -0.212. The van der Waals surface area contributed by atoms with E-state index in [-0.39, 0.29) is 18.2 Å². The van der Waals surface area contributed by atoms with Crippen molar-refractivity contribution in [2.75, 3.05) is 10.6 Å². The van der Waals surface area contributed by atoms with Gasteiger partial charge in [0.2, 0.25) is 5.91 Å². The number of hydrogen-bond donors (Lipinski definition) is 2. The Morgan fingerprint density at radius 2 is 1.32 bits per heavy atom. The number of aryl methyl sites for hydroxylation is 7. The largest absolute Gasteiger partial charge is 0.321 e. The summed E-state index contributed by atoms with van der Waals surface area (Å²) in [6.45, 7) is 13.9. The molecule has 0 aliphatic rings. The molecule has 0 spiro atoms. The van der Waals surface area contributed by atoms with Crippen LogP contribution in [-0.4, -0.2) is 16.8 Å². The Kier molecular flexibility index (Phi) is 6.60. The summed E-state index contributed by atoms with van der Waals surface area (Å²) in [5.74, 6) is -0.350. The molecule has 0 radical (unpaired) electrons. The highest BCUT2D eigenvalue weighted by atomic mass is 32.1. The van der Waals surface area contributed by atoms with E-state index in [2.05, 4.69) is 27.8 Å². The van der Waals surface area contributed by atoms with Gasteiger partial charge < -0.3 is 10.6 Å². The number of nitrogens with one attached hydrogen (secondary N) is 2. The van der Waals surface area contributed by atoms with Crippen molar-refractivity contribution < 1.29 is 9.59 Å². The van der Waals surface area contributed by atoms with Crippen LogP contribution >= 0.6 is 11.3 Å². The van der Waals surface area contributed by atoms with Crippen molar-refractivity contribution in [1.29, 1.82) is 0 Å². The highest BCUT2D eigenvalue weighted by molar-refractivity contribution is 7.17. The highest BCUT2D eigenvalue weighted by Crippen LogP contribution is 2.27. The summed E-state index contributed by atoms with van der Waals surface area (Å²) in [4.78, 5) is 30.4. The molecule has 0 fully saturated rings. The molecule has 0 saturated heterocycles. The van der Waals surface area contributed by atoms with E-state index in [4.69, 9.17) is 0 Å². The first kappa shape index (κ1) is 22.7. The number of anilines is 2. The molecule has 2 N–H and O–H groups in total. The van der Waals surface area contributed by atoms with E-state index in [0.29, 0.717) is 15.7 Å². The van der Waals surface area contributed by atoms with E-state index in [0.717, 1.165) is 39.1 Å². The smallest absolute Gasteiger partial charge is 0.267 e. The van der Waals surface area contributed by atoms with Crippen molar-refractivity contribution in [1.82, 2.24) is 4.98 Å². The van der Waals surface area contributed by atoms with Crippen LogP contribution in [0.15, 0.2) is 24.3 Å². The Hall–Kier alpha value is -2.99. The maximum atomic E-state index is 12.9. The highest BCUT2D eigenvalue weighted by Gasteiger charge is 2.19. The molecule has 5 nitrogen and oxygen atoms in total. The van der Waals surface area contributed by atoms with Crippen molar-refractivity contribution >= 4 is 34.0 Å². The fourth-order valence-corrected chi connectivity index (χ4v) is 4.90. The summed E-state index contributed by atoms with van der Waals surface area (Å²) in [7, 11) is 0. The van der Waals surface area contributed by atoms with Crippen LogP contribution in [-0.2, 0) is 11.2 Å². The van der Waals surface area contributed by atoms with E-state index < -0.39 is 0 Å². The topological polar surface area (TPSA) is 71.1 Å². The molecule has 3 rings (SSSR count). The molecule has 0 saturated carbocycles. The van der Waals surface area contributed by atoms with Crippen LogP contribution in [0.1, 0.15) is 54.3 Å². The molecule has 162 valence electrons. The van der Waals surface area contributed by atoms with Gasteiger partial charge in [0.15, 0.2) is 5.13 Å². The van der Waals surface area contributed by atoms with Gasteiger partial charge in [-0.05, 0) is 76.3 Å². The van der Waals surface area contributed by atoms with E-state index in [1.54, 1.807) is 6.92 Å². The number of rotatable bonds is 5. The number of aromatic nitrogens is 1. The minimum absolute atomic E-state index is 0.138.